The number of nitrogens with one attached hydrogen (secondary N) is 2. The Morgan fingerprint density at radius 2 is 1.92 bits per heavy atom. The molecule has 132 valence electrons. The van der Waals surface area contributed by atoms with Crippen molar-refractivity contribution in [3.05, 3.63) is 35.4 Å². The monoisotopic (exact) mass is 341 g/mol. The fourth-order valence-electron chi connectivity index (χ4n) is 2.98. The fourth-order valence-corrected chi connectivity index (χ4v) is 2.98. The van der Waals surface area contributed by atoms with Crippen LogP contribution in [-0.2, 0) is 0 Å². The van der Waals surface area contributed by atoms with E-state index in [0.717, 1.165) is 43.3 Å². The molecule has 8 heteroatoms. The van der Waals surface area contributed by atoms with Crippen molar-refractivity contribution in [3.63, 3.8) is 0 Å². The predicted octanol–water partition coefficient (Wildman–Crippen LogP) is 1.32. The molecule has 2 aromatic heterocycles. The number of carbonyl (C=O) groups excluding carboxylic acids is 1. The van der Waals surface area contributed by atoms with Gasteiger partial charge in [-0.1, -0.05) is 0 Å². The van der Waals surface area contributed by atoms with Crippen LogP contribution in [0.2, 0.25) is 0 Å². The molecule has 0 radical (unpaired) electrons. The van der Waals surface area contributed by atoms with E-state index in [1.165, 1.54) is 0 Å². The maximum Gasteiger partial charge on any atom is 0.271 e. The number of amides is 1. The van der Waals surface area contributed by atoms with Crippen LogP contribution in [0, 0.1) is 13.8 Å². The van der Waals surface area contributed by atoms with Crippen LogP contribution in [0.5, 0.6) is 0 Å². The first-order chi connectivity index (χ1) is 12.0. The van der Waals surface area contributed by atoms with Gasteiger partial charge in [-0.15, -0.1) is 10.2 Å². The van der Waals surface area contributed by atoms with Gasteiger partial charge >= 0.3 is 0 Å². The summed E-state index contributed by atoms with van der Waals surface area (Å²) in [5, 5.41) is 14.0. The maximum atomic E-state index is 11.5. The van der Waals surface area contributed by atoms with Crippen molar-refractivity contribution in [3.8, 4) is 0 Å². The molecule has 1 aliphatic heterocycles. The molecule has 0 aliphatic carbocycles. The summed E-state index contributed by atoms with van der Waals surface area (Å²) in [7, 11) is 1.57. The summed E-state index contributed by atoms with van der Waals surface area (Å²) in [6.07, 6.45) is 1.97. The number of aromatic nitrogens is 4. The molecule has 1 amide bonds. The van der Waals surface area contributed by atoms with Crippen molar-refractivity contribution in [2.24, 2.45) is 0 Å². The minimum absolute atomic E-state index is 0.234. The Kier molecular flexibility index (Phi) is 5.06. The van der Waals surface area contributed by atoms with E-state index >= 15 is 0 Å². The average Bonchev–Trinajstić information content (AvgIpc) is 2.61. The van der Waals surface area contributed by atoms with E-state index in [2.05, 4.69) is 35.7 Å². The summed E-state index contributed by atoms with van der Waals surface area (Å²) in [5.41, 5.74) is 1.31. The molecule has 0 aromatic carbocycles. The molecule has 2 aromatic rings. The van der Waals surface area contributed by atoms with Gasteiger partial charge < -0.3 is 15.5 Å². The highest BCUT2D eigenvalue weighted by Crippen LogP contribution is 2.20. The number of aryl methyl sites for hydroxylation is 2. The molecular weight excluding hydrogens is 318 g/mol. The zero-order valence-electron chi connectivity index (χ0n) is 14.8. The van der Waals surface area contributed by atoms with E-state index in [4.69, 9.17) is 0 Å². The molecular formula is C17H23N7O. The lowest BCUT2D eigenvalue weighted by Gasteiger charge is -2.33. The van der Waals surface area contributed by atoms with Gasteiger partial charge in [-0.2, -0.15) is 0 Å². The summed E-state index contributed by atoms with van der Waals surface area (Å²) in [5.74, 6) is 2.27. The Morgan fingerprint density at radius 3 is 2.52 bits per heavy atom. The van der Waals surface area contributed by atoms with Gasteiger partial charge in [-0.05, 0) is 38.8 Å². The third-order valence-electron chi connectivity index (χ3n) is 4.25. The molecule has 3 heterocycles. The molecule has 0 spiro atoms. The zero-order valence-corrected chi connectivity index (χ0v) is 14.8. The van der Waals surface area contributed by atoms with Gasteiger partial charge in [0.05, 0.1) is 0 Å². The van der Waals surface area contributed by atoms with Gasteiger partial charge in [0.2, 0.25) is 0 Å². The number of anilines is 2. The second-order valence-corrected chi connectivity index (χ2v) is 6.20. The number of rotatable bonds is 4. The van der Waals surface area contributed by atoms with E-state index in [1.807, 2.05) is 19.9 Å². The number of hydrogen-bond acceptors (Lipinski definition) is 7. The number of carbonyl (C=O) groups is 1. The van der Waals surface area contributed by atoms with Crippen LogP contribution >= 0.6 is 0 Å². The van der Waals surface area contributed by atoms with Crippen LogP contribution in [0.25, 0.3) is 0 Å². The Morgan fingerprint density at radius 1 is 1.16 bits per heavy atom. The molecule has 1 saturated heterocycles. The molecule has 1 fully saturated rings. The third-order valence-corrected chi connectivity index (χ3v) is 4.25. The minimum atomic E-state index is -0.234. The van der Waals surface area contributed by atoms with Crippen LogP contribution < -0.4 is 15.5 Å². The predicted molar refractivity (Wildman–Crippen MR) is 95.8 cm³/mol. The standard InChI is InChI=1S/C17H23N7O/c1-11-10-16(20-12(2)19-11)24-8-6-13(7-9-24)21-15-5-4-14(22-23-15)17(25)18-3/h4-5,10,13H,6-9H2,1-3H3,(H,18,25)(H,21,23). The van der Waals surface area contributed by atoms with E-state index in [1.54, 1.807) is 19.2 Å². The molecule has 0 bridgehead atoms. The SMILES string of the molecule is CNC(=O)c1ccc(NC2CCN(c3cc(C)nc(C)n3)CC2)nn1. The summed E-state index contributed by atoms with van der Waals surface area (Å²) >= 11 is 0. The molecule has 8 nitrogen and oxygen atoms in total. The highest BCUT2D eigenvalue weighted by molar-refractivity contribution is 5.91. The Balaban J connectivity index is 1.56. The lowest BCUT2D eigenvalue weighted by Crippen LogP contribution is -2.39. The molecule has 2 N–H and O–H groups in total. The van der Waals surface area contributed by atoms with Crippen molar-refractivity contribution in [1.29, 1.82) is 0 Å². The second kappa shape index (κ2) is 7.42. The van der Waals surface area contributed by atoms with Crippen LogP contribution in [0.4, 0.5) is 11.6 Å². The van der Waals surface area contributed by atoms with Gasteiger partial charge in [-0.25, -0.2) is 9.97 Å². The number of piperidine rings is 1. The van der Waals surface area contributed by atoms with E-state index in [0.29, 0.717) is 17.6 Å². The van der Waals surface area contributed by atoms with Crippen LogP contribution in [0.3, 0.4) is 0 Å². The van der Waals surface area contributed by atoms with Gasteiger partial charge in [0, 0.05) is 37.9 Å². The zero-order chi connectivity index (χ0) is 17.8. The van der Waals surface area contributed by atoms with Gasteiger partial charge in [-0.3, -0.25) is 4.79 Å². The molecule has 0 unspecified atom stereocenters. The summed E-state index contributed by atoms with van der Waals surface area (Å²) in [6, 6.07) is 5.83. The van der Waals surface area contributed by atoms with E-state index < -0.39 is 0 Å². The van der Waals surface area contributed by atoms with Gasteiger partial charge in [0.15, 0.2) is 5.69 Å². The first kappa shape index (κ1) is 17.1. The topological polar surface area (TPSA) is 95.9 Å². The van der Waals surface area contributed by atoms with Crippen LogP contribution in [0.15, 0.2) is 18.2 Å². The molecule has 25 heavy (non-hydrogen) atoms. The Labute approximate surface area is 147 Å². The molecule has 0 atom stereocenters. The van der Waals surface area contributed by atoms with Crippen molar-refractivity contribution in [2.45, 2.75) is 32.7 Å². The molecule has 1 aliphatic rings. The highest BCUT2D eigenvalue weighted by Gasteiger charge is 2.21. The van der Waals surface area contributed by atoms with E-state index in [9.17, 15) is 4.79 Å². The lowest BCUT2D eigenvalue weighted by molar-refractivity contribution is 0.0957. The first-order valence-electron chi connectivity index (χ1n) is 8.45. The van der Waals surface area contributed by atoms with Crippen molar-refractivity contribution >= 4 is 17.5 Å². The van der Waals surface area contributed by atoms with Gasteiger partial charge in [0.1, 0.15) is 17.5 Å². The fraction of sp³-hybridized carbons (Fsp3) is 0.471. The van der Waals surface area contributed by atoms with Crippen molar-refractivity contribution in [1.82, 2.24) is 25.5 Å². The number of nitrogens with zero attached hydrogens (tertiary/aromatic N) is 5. The third kappa shape index (κ3) is 4.20. The minimum Gasteiger partial charge on any atom is -0.366 e. The summed E-state index contributed by atoms with van der Waals surface area (Å²) in [4.78, 5) is 22.6. The largest absolute Gasteiger partial charge is 0.366 e. The normalized spacial score (nSPS) is 15.1. The Hall–Kier alpha value is -2.77. The van der Waals surface area contributed by atoms with Crippen LogP contribution in [0.1, 0.15) is 34.8 Å². The van der Waals surface area contributed by atoms with E-state index in [-0.39, 0.29) is 5.91 Å². The first-order valence-corrected chi connectivity index (χ1v) is 8.45. The van der Waals surface area contributed by atoms with Crippen molar-refractivity contribution < 1.29 is 4.79 Å². The molecule has 3 rings (SSSR count). The quantitative estimate of drug-likeness (QED) is 0.866. The smallest absolute Gasteiger partial charge is 0.271 e. The highest BCUT2D eigenvalue weighted by atomic mass is 16.1. The number of hydrogen-bond donors (Lipinski definition) is 2. The second-order valence-electron chi connectivity index (χ2n) is 6.20. The Bertz CT molecular complexity index is 719. The summed E-state index contributed by atoms with van der Waals surface area (Å²) in [6.45, 7) is 5.77. The molecule has 0 saturated carbocycles. The van der Waals surface area contributed by atoms with Crippen molar-refractivity contribution in [2.75, 3.05) is 30.4 Å². The van der Waals surface area contributed by atoms with Gasteiger partial charge in [0.25, 0.3) is 5.91 Å². The summed E-state index contributed by atoms with van der Waals surface area (Å²) < 4.78 is 0. The lowest BCUT2D eigenvalue weighted by atomic mass is 10.0. The van der Waals surface area contributed by atoms with Crippen LogP contribution in [-0.4, -0.2) is 52.3 Å². The average molecular weight is 341 g/mol. The maximum absolute atomic E-state index is 11.5.